The molecule has 6 nitrogen and oxygen atoms in total. The van der Waals surface area contributed by atoms with Gasteiger partial charge in [-0.1, -0.05) is 58.3 Å². The predicted molar refractivity (Wildman–Crippen MR) is 86.9 cm³/mol. The molecule has 138 valence electrons. The Balaban J connectivity index is 2.06. The molecule has 0 aromatic rings. The van der Waals surface area contributed by atoms with Crippen LogP contribution < -0.4 is 0 Å². The Morgan fingerprint density at radius 1 is 0.783 bits per heavy atom. The van der Waals surface area contributed by atoms with Gasteiger partial charge >= 0.3 is 0 Å². The molecule has 0 aromatic heterocycles. The molecule has 0 unspecified atom stereocenters. The summed E-state index contributed by atoms with van der Waals surface area (Å²) in [6.07, 6.45) is 4.97. The summed E-state index contributed by atoms with van der Waals surface area (Å²) in [4.78, 5) is 0. The highest BCUT2D eigenvalue weighted by Crippen LogP contribution is 2.22. The largest absolute Gasteiger partial charge is 0.394 e. The van der Waals surface area contributed by atoms with Gasteiger partial charge in [0.1, 0.15) is 24.4 Å². The molecule has 0 aliphatic carbocycles. The number of hydrogen-bond acceptors (Lipinski definition) is 6. The van der Waals surface area contributed by atoms with E-state index in [0.717, 1.165) is 12.8 Å². The van der Waals surface area contributed by atoms with Crippen molar-refractivity contribution < 1.29 is 29.9 Å². The van der Waals surface area contributed by atoms with Crippen molar-refractivity contribution in [3.05, 3.63) is 0 Å². The molecule has 1 aliphatic heterocycles. The van der Waals surface area contributed by atoms with Crippen molar-refractivity contribution in [3.8, 4) is 0 Å². The van der Waals surface area contributed by atoms with Gasteiger partial charge in [0.15, 0.2) is 6.29 Å². The molecule has 4 N–H and O–H groups in total. The van der Waals surface area contributed by atoms with Crippen molar-refractivity contribution >= 4 is 0 Å². The molecular weight excluding hydrogens is 300 g/mol. The van der Waals surface area contributed by atoms with E-state index in [4.69, 9.17) is 14.6 Å². The van der Waals surface area contributed by atoms with Gasteiger partial charge in [0.2, 0.25) is 0 Å². The second-order valence-electron chi connectivity index (χ2n) is 6.40. The van der Waals surface area contributed by atoms with Crippen LogP contribution in [0.2, 0.25) is 0 Å². The summed E-state index contributed by atoms with van der Waals surface area (Å²) >= 11 is 0. The average molecular weight is 334 g/mol. The summed E-state index contributed by atoms with van der Waals surface area (Å²) in [7, 11) is 0. The Morgan fingerprint density at radius 2 is 1.35 bits per heavy atom. The molecule has 1 heterocycles. The zero-order valence-corrected chi connectivity index (χ0v) is 14.3. The lowest BCUT2D eigenvalue weighted by Crippen LogP contribution is -2.59. The van der Waals surface area contributed by atoms with Gasteiger partial charge in [0.25, 0.3) is 0 Å². The van der Waals surface area contributed by atoms with E-state index in [1.165, 1.54) is 44.9 Å². The van der Waals surface area contributed by atoms with Gasteiger partial charge < -0.3 is 29.9 Å². The van der Waals surface area contributed by atoms with E-state index in [9.17, 15) is 15.3 Å². The maximum atomic E-state index is 9.82. The van der Waals surface area contributed by atoms with Crippen LogP contribution in [-0.2, 0) is 9.47 Å². The van der Waals surface area contributed by atoms with E-state index in [2.05, 4.69) is 6.92 Å². The highest BCUT2D eigenvalue weighted by Gasteiger charge is 2.43. The highest BCUT2D eigenvalue weighted by molar-refractivity contribution is 4.88. The van der Waals surface area contributed by atoms with E-state index in [1.807, 2.05) is 0 Å². The van der Waals surface area contributed by atoms with E-state index in [0.29, 0.717) is 6.61 Å². The summed E-state index contributed by atoms with van der Waals surface area (Å²) in [5, 5.41) is 38.2. The van der Waals surface area contributed by atoms with Crippen LogP contribution in [-0.4, -0.2) is 64.3 Å². The molecule has 0 bridgehead atoms. The first kappa shape index (κ1) is 20.8. The van der Waals surface area contributed by atoms with Gasteiger partial charge in [-0.15, -0.1) is 0 Å². The molecule has 0 radical (unpaired) electrons. The van der Waals surface area contributed by atoms with Gasteiger partial charge in [-0.25, -0.2) is 0 Å². The fourth-order valence-corrected chi connectivity index (χ4v) is 2.82. The Kier molecular flexibility index (Phi) is 11.0. The fourth-order valence-electron chi connectivity index (χ4n) is 2.82. The maximum Gasteiger partial charge on any atom is 0.186 e. The van der Waals surface area contributed by atoms with Gasteiger partial charge in [-0.2, -0.15) is 0 Å². The third-order valence-corrected chi connectivity index (χ3v) is 4.38. The Morgan fingerprint density at radius 3 is 1.91 bits per heavy atom. The molecule has 0 amide bonds. The number of aliphatic hydroxyl groups is 4. The minimum Gasteiger partial charge on any atom is -0.394 e. The molecule has 6 heteroatoms. The number of hydrogen-bond donors (Lipinski definition) is 4. The first-order valence-corrected chi connectivity index (χ1v) is 9.04. The van der Waals surface area contributed by atoms with Crippen LogP contribution in [0.15, 0.2) is 0 Å². The summed E-state index contributed by atoms with van der Waals surface area (Å²) < 4.78 is 10.7. The summed E-state index contributed by atoms with van der Waals surface area (Å²) in [5.41, 5.74) is 0. The topological polar surface area (TPSA) is 99.4 Å². The maximum absolute atomic E-state index is 9.82. The van der Waals surface area contributed by atoms with Crippen LogP contribution in [0.3, 0.4) is 0 Å². The first-order chi connectivity index (χ1) is 11.1. The number of rotatable bonds is 12. The van der Waals surface area contributed by atoms with Gasteiger partial charge in [0.05, 0.1) is 6.61 Å². The summed E-state index contributed by atoms with van der Waals surface area (Å²) in [6.45, 7) is 2.22. The lowest BCUT2D eigenvalue weighted by molar-refractivity contribution is -0.301. The molecular formula is C17H34O6. The first-order valence-electron chi connectivity index (χ1n) is 9.04. The average Bonchev–Trinajstić information content (AvgIpc) is 2.56. The minimum absolute atomic E-state index is 0.428. The van der Waals surface area contributed by atoms with E-state index >= 15 is 0 Å². The van der Waals surface area contributed by atoms with Crippen LogP contribution in [0.25, 0.3) is 0 Å². The lowest BCUT2D eigenvalue weighted by atomic mass is 9.99. The highest BCUT2D eigenvalue weighted by atomic mass is 16.7. The van der Waals surface area contributed by atoms with Crippen molar-refractivity contribution in [1.29, 1.82) is 0 Å². The van der Waals surface area contributed by atoms with Crippen molar-refractivity contribution in [2.75, 3.05) is 13.2 Å². The van der Waals surface area contributed by atoms with Crippen molar-refractivity contribution in [3.63, 3.8) is 0 Å². The van der Waals surface area contributed by atoms with Gasteiger partial charge in [-0.3, -0.25) is 0 Å². The van der Waals surface area contributed by atoms with Crippen LogP contribution in [0.1, 0.15) is 64.7 Å². The lowest BCUT2D eigenvalue weighted by Gasteiger charge is -2.39. The number of unbranched alkanes of at least 4 members (excludes halogenated alkanes) is 8. The van der Waals surface area contributed by atoms with E-state index < -0.39 is 37.3 Å². The quantitative estimate of drug-likeness (QED) is 0.402. The molecule has 1 saturated heterocycles. The Hall–Kier alpha value is -0.240. The summed E-state index contributed by atoms with van der Waals surface area (Å²) in [6, 6.07) is 0. The SMILES string of the molecule is CCCCCCCCCCCO[C@@H]1O[C@@H](CO)[C@@H](O)[C@@H](O)[C@H]1O. The molecule has 0 aromatic carbocycles. The molecule has 23 heavy (non-hydrogen) atoms. The molecule has 0 spiro atoms. The van der Waals surface area contributed by atoms with Gasteiger partial charge in [-0.05, 0) is 6.42 Å². The third-order valence-electron chi connectivity index (χ3n) is 4.38. The molecule has 0 saturated carbocycles. The van der Waals surface area contributed by atoms with Gasteiger partial charge in [0, 0.05) is 6.61 Å². The normalized spacial score (nSPS) is 31.4. The van der Waals surface area contributed by atoms with Crippen molar-refractivity contribution in [2.45, 2.75) is 95.4 Å². The van der Waals surface area contributed by atoms with Crippen LogP contribution >= 0.6 is 0 Å². The second-order valence-corrected chi connectivity index (χ2v) is 6.40. The number of ether oxygens (including phenoxy) is 2. The molecule has 1 aliphatic rings. The van der Waals surface area contributed by atoms with E-state index in [1.54, 1.807) is 0 Å². The van der Waals surface area contributed by atoms with Crippen molar-refractivity contribution in [1.82, 2.24) is 0 Å². The zero-order chi connectivity index (χ0) is 17.1. The minimum atomic E-state index is -1.37. The number of aliphatic hydroxyl groups excluding tert-OH is 4. The van der Waals surface area contributed by atoms with Crippen molar-refractivity contribution in [2.24, 2.45) is 0 Å². The molecule has 1 rings (SSSR count). The Labute approximate surface area is 139 Å². The Bertz CT molecular complexity index is 286. The van der Waals surface area contributed by atoms with E-state index in [-0.39, 0.29) is 0 Å². The monoisotopic (exact) mass is 334 g/mol. The standard InChI is InChI=1S/C17H34O6/c1-2-3-4-5-6-7-8-9-10-11-22-17-16(21)15(20)14(19)13(12-18)23-17/h13-21H,2-12H2,1H3/t13-,14+,15+,16+,17+/m0/s1. The van der Waals surface area contributed by atoms with Crippen LogP contribution in [0, 0.1) is 0 Å². The smallest absolute Gasteiger partial charge is 0.186 e. The fraction of sp³-hybridized carbons (Fsp3) is 1.00. The van der Waals surface area contributed by atoms with Crippen LogP contribution in [0.4, 0.5) is 0 Å². The zero-order valence-electron chi connectivity index (χ0n) is 14.3. The molecule has 5 atom stereocenters. The second kappa shape index (κ2) is 12.2. The molecule has 1 fully saturated rings. The summed E-state index contributed by atoms with van der Waals surface area (Å²) in [5.74, 6) is 0. The van der Waals surface area contributed by atoms with Crippen LogP contribution in [0.5, 0.6) is 0 Å². The third kappa shape index (κ3) is 7.45. The predicted octanol–water partition coefficient (Wildman–Crippen LogP) is 1.33.